The molecule has 1 atom stereocenters. The van der Waals surface area contributed by atoms with Gasteiger partial charge in [-0.1, -0.05) is 0 Å². The monoisotopic (exact) mass is 672 g/mol. The normalized spacial score (nSPS) is 22.1. The summed E-state index contributed by atoms with van der Waals surface area (Å²) < 4.78 is 0.850. The Hall–Kier alpha value is 0.263. The minimum atomic E-state index is -2.86. The van der Waals surface area contributed by atoms with Crippen LogP contribution in [0.25, 0.3) is 11.1 Å². The summed E-state index contributed by atoms with van der Waals surface area (Å²) in [6.07, 6.45) is 2.47. The van der Waals surface area contributed by atoms with Crippen molar-refractivity contribution in [1.29, 1.82) is 0 Å². The minimum absolute atomic E-state index is 0.259. The third-order valence-electron chi connectivity index (χ3n) is 7.29. The van der Waals surface area contributed by atoms with E-state index in [0.29, 0.717) is 3.63 Å². The second kappa shape index (κ2) is 7.75. The van der Waals surface area contributed by atoms with E-state index in [4.69, 9.17) is 0 Å². The van der Waals surface area contributed by atoms with Crippen molar-refractivity contribution in [1.82, 2.24) is 0 Å². The Kier molecular flexibility index (Phi) is 5.95. The van der Waals surface area contributed by atoms with E-state index in [2.05, 4.69) is 119 Å². The number of benzene rings is 2. The van der Waals surface area contributed by atoms with E-state index >= 15 is 0 Å². The standard InChI is InChI=1S/C13H9.C12H19.2HI.Zr/c1-3-7-12-10(5-1)9-11-6-2-4-8-13(11)12;1-6-7-12-10(4)8(2)9(3)11(12)5;;;/h1-9H;6-7H2,1-5H3;2*1H;/q;;;;+2/p-2. The molecule has 0 amide bonds. The predicted molar refractivity (Wildman–Crippen MR) is 136 cm³/mol. The summed E-state index contributed by atoms with van der Waals surface area (Å²) in [5.41, 5.74) is 12.6. The average molecular weight is 674 g/mol. The number of hydrogen-bond acceptors (Lipinski definition) is 0. The van der Waals surface area contributed by atoms with Crippen LogP contribution >= 0.6 is 36.1 Å². The number of hydrogen-bond donors (Lipinski definition) is 0. The van der Waals surface area contributed by atoms with Gasteiger partial charge >= 0.3 is 195 Å². The van der Waals surface area contributed by atoms with Gasteiger partial charge in [-0.25, -0.2) is 0 Å². The molecule has 0 nitrogen and oxygen atoms in total. The van der Waals surface area contributed by atoms with Crippen molar-refractivity contribution >= 4 is 36.1 Å². The quantitative estimate of drug-likeness (QED) is 0.284. The Morgan fingerprint density at radius 1 is 0.857 bits per heavy atom. The molecule has 2 aliphatic carbocycles. The van der Waals surface area contributed by atoms with Crippen molar-refractivity contribution in [2.75, 3.05) is 0 Å². The van der Waals surface area contributed by atoms with Gasteiger partial charge in [0.05, 0.1) is 0 Å². The summed E-state index contributed by atoms with van der Waals surface area (Å²) in [5.74, 6) is 0. The zero-order valence-electron chi connectivity index (χ0n) is 17.4. The van der Waals surface area contributed by atoms with Crippen LogP contribution in [0.1, 0.15) is 62.2 Å². The first-order valence-electron chi connectivity index (χ1n) is 10.2. The van der Waals surface area contributed by atoms with Gasteiger partial charge in [-0.2, -0.15) is 0 Å². The van der Waals surface area contributed by atoms with Crippen LogP contribution in [0, 0.1) is 0 Å². The topological polar surface area (TPSA) is 0 Å². The average Bonchev–Trinajstić information content (AvgIpc) is 3.11. The van der Waals surface area contributed by atoms with E-state index < -0.39 is 11.9 Å². The molecule has 2 aromatic carbocycles. The van der Waals surface area contributed by atoms with Crippen LogP contribution in [-0.2, 0) is 11.9 Å². The third-order valence-corrected chi connectivity index (χ3v) is 35.7. The molecule has 0 N–H and O–H groups in total. The zero-order chi connectivity index (χ0) is 20.3. The molecule has 1 unspecified atom stereocenters. The van der Waals surface area contributed by atoms with Crippen molar-refractivity contribution in [3.63, 3.8) is 0 Å². The molecule has 0 spiro atoms. The van der Waals surface area contributed by atoms with Crippen LogP contribution in [0.15, 0.2) is 70.8 Å². The van der Waals surface area contributed by atoms with E-state index in [1.807, 2.05) is 0 Å². The molecule has 2 aliphatic rings. The summed E-state index contributed by atoms with van der Waals surface area (Å²) in [5, 5.41) is 0. The third kappa shape index (κ3) is 2.88. The van der Waals surface area contributed by atoms with E-state index in [-0.39, 0.29) is 3.12 Å². The predicted octanol–water partition coefficient (Wildman–Crippen LogP) is 9.26. The Balaban J connectivity index is 1.96. The Labute approximate surface area is 193 Å². The molecule has 146 valence electrons. The second-order valence-corrected chi connectivity index (χ2v) is 47.7. The fraction of sp³-hybridized carbons (Fsp3) is 0.360. The van der Waals surface area contributed by atoms with Crippen molar-refractivity contribution in [2.45, 2.75) is 54.2 Å². The number of allylic oxidation sites excluding steroid dienone is 4. The van der Waals surface area contributed by atoms with Crippen LogP contribution in [0.3, 0.4) is 0 Å². The maximum absolute atomic E-state index is 3.01. The molecule has 0 bridgehead atoms. The summed E-state index contributed by atoms with van der Waals surface area (Å²) in [4.78, 5) is 0. The Morgan fingerprint density at radius 2 is 1.36 bits per heavy atom. The Bertz CT molecular complexity index is 969. The van der Waals surface area contributed by atoms with E-state index in [9.17, 15) is 0 Å². The molecular weight excluding hydrogens is 645 g/mol. The van der Waals surface area contributed by atoms with Gasteiger partial charge in [0.2, 0.25) is 0 Å². The molecule has 0 fully saturated rings. The van der Waals surface area contributed by atoms with Gasteiger partial charge in [0, 0.05) is 0 Å². The van der Waals surface area contributed by atoms with Crippen LogP contribution in [-0.4, -0.2) is 0 Å². The molecule has 4 rings (SSSR count). The summed E-state index contributed by atoms with van der Waals surface area (Å²) in [6.45, 7) is 12.1. The van der Waals surface area contributed by atoms with Gasteiger partial charge in [-0.3, -0.25) is 0 Å². The molecule has 0 aliphatic heterocycles. The van der Waals surface area contributed by atoms with Crippen LogP contribution in [0.4, 0.5) is 0 Å². The van der Waals surface area contributed by atoms with Gasteiger partial charge in [0.25, 0.3) is 0 Å². The molecule has 0 aromatic heterocycles. The molecule has 2 aromatic rings. The van der Waals surface area contributed by atoms with Crippen LogP contribution in [0.5, 0.6) is 0 Å². The maximum atomic E-state index is 3.01. The first-order chi connectivity index (χ1) is 13.3. The van der Waals surface area contributed by atoms with Crippen molar-refractivity contribution in [3.8, 4) is 11.1 Å². The second-order valence-electron chi connectivity index (χ2n) is 8.46. The summed E-state index contributed by atoms with van der Waals surface area (Å²) >= 11 is 3.16. The molecule has 0 saturated carbocycles. The Morgan fingerprint density at radius 3 is 1.86 bits per heavy atom. The molecular formula is C25H28I2Zr. The van der Waals surface area contributed by atoms with Gasteiger partial charge in [-0.15, -0.1) is 0 Å². The van der Waals surface area contributed by atoms with Gasteiger partial charge in [-0.05, 0) is 0 Å². The van der Waals surface area contributed by atoms with Crippen molar-refractivity contribution in [2.24, 2.45) is 0 Å². The van der Waals surface area contributed by atoms with Gasteiger partial charge in [0.15, 0.2) is 0 Å². The molecule has 3 heteroatoms. The summed E-state index contributed by atoms with van der Waals surface area (Å²) in [6, 6.07) is 18.4. The SMILES string of the molecule is CCCC1=C(C)C(C)=C(C)[C]1(C)[Zr]([I])([I])[CH]1c2ccccc2-c2ccccc21. The van der Waals surface area contributed by atoms with E-state index in [1.165, 1.54) is 24.0 Å². The number of halogens is 2. The molecule has 0 saturated heterocycles. The first-order valence-corrected chi connectivity index (χ1v) is 27.5. The molecule has 28 heavy (non-hydrogen) atoms. The van der Waals surface area contributed by atoms with E-state index in [1.54, 1.807) is 33.4 Å². The summed E-state index contributed by atoms with van der Waals surface area (Å²) in [7, 11) is 0. The van der Waals surface area contributed by atoms with Crippen molar-refractivity contribution in [3.05, 3.63) is 82.0 Å². The zero-order valence-corrected chi connectivity index (χ0v) is 24.1. The molecule has 0 heterocycles. The van der Waals surface area contributed by atoms with Crippen LogP contribution < -0.4 is 0 Å². The van der Waals surface area contributed by atoms with Gasteiger partial charge in [0.1, 0.15) is 0 Å². The first kappa shape index (κ1) is 21.5. The fourth-order valence-electron chi connectivity index (χ4n) is 5.46. The number of rotatable bonds is 4. The van der Waals surface area contributed by atoms with Crippen LogP contribution in [0.2, 0.25) is 3.12 Å². The number of fused-ring (bicyclic) bond motifs is 3. The van der Waals surface area contributed by atoms with Gasteiger partial charge < -0.3 is 0 Å². The van der Waals surface area contributed by atoms with Crippen molar-refractivity contribution < 1.29 is 11.9 Å². The van der Waals surface area contributed by atoms with E-state index in [0.717, 1.165) is 0 Å². The fourth-order valence-corrected chi connectivity index (χ4v) is 30.1. The molecule has 0 radical (unpaired) electrons.